The summed E-state index contributed by atoms with van der Waals surface area (Å²) in [4.78, 5) is 15.3. The van der Waals surface area contributed by atoms with Crippen LogP contribution in [0.15, 0.2) is 48.5 Å². The largest absolute Gasteiger partial charge is 0.493 e. The van der Waals surface area contributed by atoms with Crippen LogP contribution < -0.4 is 9.47 Å². The molecule has 0 saturated carbocycles. The molecule has 0 N–H and O–H groups in total. The summed E-state index contributed by atoms with van der Waals surface area (Å²) in [5.74, 6) is 2.38. The van der Waals surface area contributed by atoms with Gasteiger partial charge in [-0.2, -0.15) is 0 Å². The summed E-state index contributed by atoms with van der Waals surface area (Å²) in [5, 5.41) is -0.0506. The van der Waals surface area contributed by atoms with Crippen molar-refractivity contribution in [3.63, 3.8) is 0 Å². The van der Waals surface area contributed by atoms with Gasteiger partial charge in [0.1, 0.15) is 5.37 Å². The van der Waals surface area contributed by atoms with Crippen LogP contribution in [-0.4, -0.2) is 37.3 Å². The smallest absolute Gasteiger partial charge is 0.231 e. The van der Waals surface area contributed by atoms with Gasteiger partial charge in [0.05, 0.1) is 20.1 Å². The molecule has 0 radical (unpaired) electrons. The quantitative estimate of drug-likeness (QED) is 0.751. The Morgan fingerprint density at radius 2 is 1.92 bits per heavy atom. The third kappa shape index (κ3) is 3.54. The highest BCUT2D eigenvalue weighted by molar-refractivity contribution is 7.99. The topological polar surface area (TPSA) is 38.8 Å². The van der Waals surface area contributed by atoms with Crippen molar-refractivity contribution in [3.8, 4) is 11.5 Å². The first-order chi connectivity index (χ1) is 12.7. The number of carbonyl (C=O) groups excluding carboxylic acids is 1. The fourth-order valence-corrected chi connectivity index (χ4v) is 4.78. The predicted octanol–water partition coefficient (Wildman–Crippen LogP) is 4.47. The second kappa shape index (κ2) is 8.49. The van der Waals surface area contributed by atoms with Gasteiger partial charge in [-0.3, -0.25) is 4.79 Å². The van der Waals surface area contributed by atoms with Gasteiger partial charge in [-0.05, 0) is 18.1 Å². The molecule has 1 fully saturated rings. The summed E-state index contributed by atoms with van der Waals surface area (Å²) in [6, 6.07) is 15.9. The Bertz CT molecular complexity index is 750. The molecule has 138 valence electrons. The van der Waals surface area contributed by atoms with Crippen LogP contribution in [0.4, 0.5) is 0 Å². The molecule has 1 saturated heterocycles. The molecule has 0 aromatic heterocycles. The normalized spacial score (nSPS) is 17.8. The lowest BCUT2D eigenvalue weighted by molar-refractivity contribution is -0.133. The molecular weight excluding hydrogens is 346 g/mol. The third-order valence-electron chi connectivity index (χ3n) is 4.78. The number of amides is 1. The fourth-order valence-electron chi connectivity index (χ4n) is 3.50. The van der Waals surface area contributed by atoms with E-state index in [-0.39, 0.29) is 17.2 Å². The van der Waals surface area contributed by atoms with E-state index in [2.05, 4.69) is 6.92 Å². The van der Waals surface area contributed by atoms with Gasteiger partial charge in [0.25, 0.3) is 0 Å². The molecule has 3 rings (SSSR count). The second-order valence-electron chi connectivity index (χ2n) is 6.21. The van der Waals surface area contributed by atoms with Gasteiger partial charge < -0.3 is 14.4 Å². The lowest BCUT2D eigenvalue weighted by Crippen LogP contribution is -2.34. The van der Waals surface area contributed by atoms with Crippen molar-refractivity contribution in [2.24, 2.45) is 0 Å². The molecule has 1 amide bonds. The second-order valence-corrected chi connectivity index (χ2v) is 7.40. The fraction of sp³-hybridized carbons (Fsp3) is 0.381. The van der Waals surface area contributed by atoms with Crippen LogP contribution in [0.2, 0.25) is 0 Å². The van der Waals surface area contributed by atoms with Crippen LogP contribution in [0.25, 0.3) is 0 Å². The first kappa shape index (κ1) is 18.6. The maximum Gasteiger partial charge on any atom is 0.231 e. The number of hydrogen-bond donors (Lipinski definition) is 0. The molecule has 5 heteroatoms. The first-order valence-corrected chi connectivity index (χ1v) is 9.94. The van der Waals surface area contributed by atoms with E-state index in [4.69, 9.17) is 9.47 Å². The van der Waals surface area contributed by atoms with E-state index in [1.807, 2.05) is 53.4 Å². The molecule has 26 heavy (non-hydrogen) atoms. The lowest BCUT2D eigenvalue weighted by Gasteiger charge is -2.29. The highest BCUT2D eigenvalue weighted by Gasteiger charge is 2.36. The van der Waals surface area contributed by atoms with E-state index in [1.54, 1.807) is 26.0 Å². The highest BCUT2D eigenvalue weighted by atomic mass is 32.2. The van der Waals surface area contributed by atoms with Gasteiger partial charge in [0.2, 0.25) is 5.91 Å². The Morgan fingerprint density at radius 1 is 1.15 bits per heavy atom. The minimum atomic E-state index is -0.117. The average Bonchev–Trinajstić information content (AvgIpc) is 3.18. The third-order valence-corrected chi connectivity index (χ3v) is 6.02. The number of hydrogen-bond acceptors (Lipinski definition) is 4. The Morgan fingerprint density at radius 3 is 2.58 bits per heavy atom. The Kier molecular flexibility index (Phi) is 6.09. The lowest BCUT2D eigenvalue weighted by atomic mass is 9.94. The average molecular weight is 372 g/mol. The van der Waals surface area contributed by atoms with E-state index in [1.165, 1.54) is 0 Å². The molecule has 4 nitrogen and oxygen atoms in total. The van der Waals surface area contributed by atoms with Crippen molar-refractivity contribution >= 4 is 17.7 Å². The predicted molar refractivity (Wildman–Crippen MR) is 106 cm³/mol. The van der Waals surface area contributed by atoms with Crippen molar-refractivity contribution in [2.75, 3.05) is 26.5 Å². The SMILES string of the molecule is CCC(C(=O)N1CCSC1c1cccc(OC)c1OC)c1ccccc1. The van der Waals surface area contributed by atoms with Crippen LogP contribution in [-0.2, 0) is 4.79 Å². The molecule has 2 atom stereocenters. The number of rotatable bonds is 6. The molecule has 0 spiro atoms. The molecule has 0 aliphatic carbocycles. The summed E-state index contributed by atoms with van der Waals surface area (Å²) >= 11 is 1.77. The van der Waals surface area contributed by atoms with E-state index < -0.39 is 0 Å². The summed E-state index contributed by atoms with van der Waals surface area (Å²) < 4.78 is 11.0. The van der Waals surface area contributed by atoms with Gasteiger partial charge in [-0.25, -0.2) is 0 Å². The number of methoxy groups -OCH3 is 2. The molecular formula is C21H25NO3S. The molecule has 2 aromatic carbocycles. The monoisotopic (exact) mass is 371 g/mol. The number of para-hydroxylation sites is 1. The molecule has 1 aliphatic heterocycles. The highest BCUT2D eigenvalue weighted by Crippen LogP contribution is 2.46. The Labute approximate surface area is 159 Å². The summed E-state index contributed by atoms with van der Waals surface area (Å²) in [6.45, 7) is 2.82. The van der Waals surface area contributed by atoms with Gasteiger partial charge in [-0.1, -0.05) is 49.4 Å². The van der Waals surface area contributed by atoms with Gasteiger partial charge in [0, 0.05) is 17.9 Å². The Balaban J connectivity index is 1.92. The van der Waals surface area contributed by atoms with Crippen molar-refractivity contribution in [2.45, 2.75) is 24.6 Å². The van der Waals surface area contributed by atoms with Crippen LogP contribution in [0.5, 0.6) is 11.5 Å². The van der Waals surface area contributed by atoms with Crippen molar-refractivity contribution < 1.29 is 14.3 Å². The number of benzene rings is 2. The minimum absolute atomic E-state index is 0.0506. The number of thioether (sulfide) groups is 1. The van der Waals surface area contributed by atoms with Crippen molar-refractivity contribution in [1.82, 2.24) is 4.90 Å². The van der Waals surface area contributed by atoms with E-state index >= 15 is 0 Å². The standard InChI is InChI=1S/C21H25NO3S/c1-4-16(15-9-6-5-7-10-15)20(23)22-13-14-26-21(22)17-11-8-12-18(24-2)19(17)25-3/h5-12,16,21H,4,13-14H2,1-3H3. The zero-order valence-electron chi connectivity index (χ0n) is 15.5. The number of nitrogens with zero attached hydrogens (tertiary/aromatic N) is 1. The van der Waals surface area contributed by atoms with E-state index in [0.717, 1.165) is 29.8 Å². The maximum absolute atomic E-state index is 13.4. The van der Waals surface area contributed by atoms with Crippen molar-refractivity contribution in [1.29, 1.82) is 0 Å². The summed E-state index contributed by atoms with van der Waals surface area (Å²) in [6.07, 6.45) is 0.784. The van der Waals surface area contributed by atoms with Gasteiger partial charge in [-0.15, -0.1) is 11.8 Å². The summed E-state index contributed by atoms with van der Waals surface area (Å²) in [5.41, 5.74) is 2.07. The minimum Gasteiger partial charge on any atom is -0.493 e. The number of carbonyl (C=O) groups is 1. The molecule has 1 heterocycles. The number of ether oxygens (including phenoxy) is 2. The Hall–Kier alpha value is -2.14. The zero-order chi connectivity index (χ0) is 18.5. The van der Waals surface area contributed by atoms with Gasteiger partial charge >= 0.3 is 0 Å². The molecule has 0 bridgehead atoms. The van der Waals surface area contributed by atoms with Crippen LogP contribution in [0.1, 0.15) is 35.8 Å². The van der Waals surface area contributed by atoms with Crippen LogP contribution in [0.3, 0.4) is 0 Å². The van der Waals surface area contributed by atoms with Crippen molar-refractivity contribution in [3.05, 3.63) is 59.7 Å². The molecule has 1 aliphatic rings. The zero-order valence-corrected chi connectivity index (χ0v) is 16.3. The first-order valence-electron chi connectivity index (χ1n) is 8.89. The molecule has 2 aromatic rings. The van der Waals surface area contributed by atoms with E-state index in [0.29, 0.717) is 11.5 Å². The maximum atomic E-state index is 13.4. The van der Waals surface area contributed by atoms with E-state index in [9.17, 15) is 4.79 Å². The van der Waals surface area contributed by atoms with Crippen LogP contribution in [0, 0.1) is 0 Å². The van der Waals surface area contributed by atoms with Gasteiger partial charge in [0.15, 0.2) is 11.5 Å². The molecule has 2 unspecified atom stereocenters. The summed E-state index contributed by atoms with van der Waals surface area (Å²) in [7, 11) is 3.28. The van der Waals surface area contributed by atoms with Crippen LogP contribution >= 0.6 is 11.8 Å².